The van der Waals surface area contributed by atoms with Crippen LogP contribution in [0.1, 0.15) is 23.8 Å². The highest BCUT2D eigenvalue weighted by atomic mass is 16.2. The zero-order valence-corrected chi connectivity index (χ0v) is 11.4. The van der Waals surface area contributed by atoms with E-state index < -0.39 is 0 Å². The van der Waals surface area contributed by atoms with Crippen LogP contribution in [0.3, 0.4) is 0 Å². The maximum Gasteiger partial charge on any atom is 0.272 e. The van der Waals surface area contributed by atoms with Crippen LogP contribution in [0.2, 0.25) is 0 Å². The lowest BCUT2D eigenvalue weighted by Crippen LogP contribution is -2.27. The summed E-state index contributed by atoms with van der Waals surface area (Å²) in [5, 5.41) is 0. The summed E-state index contributed by atoms with van der Waals surface area (Å²) in [6.07, 6.45) is 2.62. The second kappa shape index (κ2) is 6.96. The van der Waals surface area contributed by atoms with Crippen LogP contribution < -0.4 is 10.6 Å². The molecule has 100 valence electrons. The molecule has 0 aliphatic carbocycles. The van der Waals surface area contributed by atoms with Gasteiger partial charge in [0.1, 0.15) is 5.69 Å². The van der Waals surface area contributed by atoms with E-state index in [-0.39, 0.29) is 5.91 Å². The van der Waals surface area contributed by atoms with Gasteiger partial charge in [0.25, 0.3) is 5.91 Å². The fourth-order valence-electron chi connectivity index (χ4n) is 1.71. The van der Waals surface area contributed by atoms with Crippen LogP contribution in [0.25, 0.3) is 0 Å². The van der Waals surface area contributed by atoms with Gasteiger partial charge in [0.2, 0.25) is 0 Å². The van der Waals surface area contributed by atoms with E-state index in [0.29, 0.717) is 12.2 Å². The first-order chi connectivity index (χ1) is 8.60. The van der Waals surface area contributed by atoms with Gasteiger partial charge in [0, 0.05) is 39.1 Å². The lowest BCUT2D eigenvalue weighted by Gasteiger charge is -2.23. The maximum absolute atomic E-state index is 11.8. The summed E-state index contributed by atoms with van der Waals surface area (Å²) in [5.41, 5.74) is 7.02. The van der Waals surface area contributed by atoms with Crippen molar-refractivity contribution in [2.45, 2.75) is 13.3 Å². The van der Waals surface area contributed by atoms with Crippen molar-refractivity contribution in [2.75, 3.05) is 38.6 Å². The normalized spacial score (nSPS) is 10.2. The molecule has 2 N–H and O–H groups in total. The molecule has 1 aromatic rings. The van der Waals surface area contributed by atoms with Crippen molar-refractivity contribution < 1.29 is 4.79 Å². The highest BCUT2D eigenvalue weighted by Gasteiger charge is 2.12. The van der Waals surface area contributed by atoms with Gasteiger partial charge in [-0.2, -0.15) is 0 Å². The van der Waals surface area contributed by atoms with E-state index in [2.05, 4.69) is 16.8 Å². The number of nitrogens with zero attached hydrogens (tertiary/aromatic N) is 3. The molecule has 1 aromatic heterocycles. The van der Waals surface area contributed by atoms with Crippen LogP contribution in [0.4, 0.5) is 5.69 Å². The third kappa shape index (κ3) is 3.70. The fourth-order valence-corrected chi connectivity index (χ4v) is 1.71. The lowest BCUT2D eigenvalue weighted by atomic mass is 10.2. The van der Waals surface area contributed by atoms with E-state index in [1.807, 2.05) is 12.1 Å². The van der Waals surface area contributed by atoms with Gasteiger partial charge in [-0.3, -0.25) is 9.78 Å². The molecule has 0 unspecified atom stereocenters. The Labute approximate surface area is 109 Å². The average molecular weight is 250 g/mol. The molecular weight excluding hydrogens is 228 g/mol. The molecule has 1 heterocycles. The summed E-state index contributed by atoms with van der Waals surface area (Å²) in [6.45, 7) is 4.54. The van der Waals surface area contributed by atoms with Crippen LogP contribution in [0, 0.1) is 0 Å². The Kier molecular flexibility index (Phi) is 5.58. The molecule has 0 bridgehead atoms. The number of pyridine rings is 1. The van der Waals surface area contributed by atoms with Gasteiger partial charge in [-0.05, 0) is 32.0 Å². The van der Waals surface area contributed by atoms with Gasteiger partial charge >= 0.3 is 0 Å². The molecule has 5 heteroatoms. The number of aromatic nitrogens is 1. The first-order valence-corrected chi connectivity index (χ1v) is 6.22. The molecule has 0 aliphatic heterocycles. The van der Waals surface area contributed by atoms with Gasteiger partial charge in [-0.15, -0.1) is 0 Å². The number of carbonyl (C=O) groups is 1. The highest BCUT2D eigenvalue weighted by Crippen LogP contribution is 2.15. The van der Waals surface area contributed by atoms with Gasteiger partial charge in [0.15, 0.2) is 0 Å². The molecule has 5 nitrogen and oxygen atoms in total. The summed E-state index contributed by atoms with van der Waals surface area (Å²) in [4.78, 5) is 19.7. The SMILES string of the molecule is CCN(CCCN)c1ccnc(C(=O)N(C)C)c1. The van der Waals surface area contributed by atoms with Gasteiger partial charge < -0.3 is 15.5 Å². The molecule has 0 radical (unpaired) electrons. The van der Waals surface area contributed by atoms with Gasteiger partial charge in [-0.1, -0.05) is 0 Å². The third-order valence-corrected chi connectivity index (χ3v) is 2.75. The Morgan fingerprint density at radius 3 is 2.72 bits per heavy atom. The minimum absolute atomic E-state index is 0.0771. The Hall–Kier alpha value is -1.62. The molecule has 0 saturated heterocycles. The van der Waals surface area contributed by atoms with Crippen LogP contribution in [-0.4, -0.2) is 49.5 Å². The van der Waals surface area contributed by atoms with Crippen LogP contribution >= 0.6 is 0 Å². The number of rotatable bonds is 6. The Balaban J connectivity index is 2.89. The molecule has 0 fully saturated rings. The number of amides is 1. The third-order valence-electron chi connectivity index (χ3n) is 2.75. The number of hydrogen-bond acceptors (Lipinski definition) is 4. The van der Waals surface area contributed by atoms with E-state index in [9.17, 15) is 4.79 Å². The second-order valence-corrected chi connectivity index (χ2v) is 4.32. The highest BCUT2D eigenvalue weighted by molar-refractivity contribution is 5.92. The summed E-state index contributed by atoms with van der Waals surface area (Å²) >= 11 is 0. The Bertz CT molecular complexity index is 392. The molecule has 18 heavy (non-hydrogen) atoms. The van der Waals surface area contributed by atoms with E-state index in [4.69, 9.17) is 5.73 Å². The second-order valence-electron chi connectivity index (χ2n) is 4.32. The van der Waals surface area contributed by atoms with Crippen molar-refractivity contribution in [3.8, 4) is 0 Å². The van der Waals surface area contributed by atoms with Crippen molar-refractivity contribution in [3.63, 3.8) is 0 Å². The molecule has 1 rings (SSSR count). The van der Waals surface area contributed by atoms with Crippen molar-refractivity contribution in [1.82, 2.24) is 9.88 Å². The summed E-state index contributed by atoms with van der Waals surface area (Å²) in [7, 11) is 3.45. The molecule has 1 amide bonds. The number of anilines is 1. The first-order valence-electron chi connectivity index (χ1n) is 6.22. The monoisotopic (exact) mass is 250 g/mol. The van der Waals surface area contributed by atoms with Gasteiger partial charge in [-0.25, -0.2) is 0 Å². The maximum atomic E-state index is 11.8. The van der Waals surface area contributed by atoms with Crippen LogP contribution in [-0.2, 0) is 0 Å². The van der Waals surface area contributed by atoms with Crippen LogP contribution in [0.5, 0.6) is 0 Å². The van der Waals surface area contributed by atoms with E-state index >= 15 is 0 Å². The average Bonchev–Trinajstić information content (AvgIpc) is 2.39. The van der Waals surface area contributed by atoms with Crippen molar-refractivity contribution in [1.29, 1.82) is 0 Å². The zero-order valence-electron chi connectivity index (χ0n) is 11.4. The fraction of sp³-hybridized carbons (Fsp3) is 0.538. The van der Waals surface area contributed by atoms with Crippen LogP contribution in [0.15, 0.2) is 18.3 Å². The summed E-state index contributed by atoms with van der Waals surface area (Å²) < 4.78 is 0. The van der Waals surface area contributed by atoms with Crippen molar-refractivity contribution >= 4 is 11.6 Å². The zero-order chi connectivity index (χ0) is 13.5. The topological polar surface area (TPSA) is 62.5 Å². The number of nitrogens with two attached hydrogens (primary N) is 1. The molecular formula is C13H22N4O. The minimum Gasteiger partial charge on any atom is -0.372 e. The van der Waals surface area contributed by atoms with Crippen molar-refractivity contribution in [2.24, 2.45) is 5.73 Å². The minimum atomic E-state index is -0.0771. The molecule has 0 saturated carbocycles. The molecule has 0 spiro atoms. The van der Waals surface area contributed by atoms with E-state index in [1.54, 1.807) is 20.3 Å². The predicted octanol–water partition coefficient (Wildman–Crippen LogP) is 0.958. The number of hydrogen-bond donors (Lipinski definition) is 1. The number of carbonyl (C=O) groups excluding carboxylic acids is 1. The Morgan fingerprint density at radius 1 is 1.44 bits per heavy atom. The largest absolute Gasteiger partial charge is 0.372 e. The summed E-state index contributed by atoms with van der Waals surface area (Å²) in [5.74, 6) is -0.0771. The van der Waals surface area contributed by atoms with Gasteiger partial charge in [0.05, 0.1) is 0 Å². The smallest absolute Gasteiger partial charge is 0.272 e. The van der Waals surface area contributed by atoms with Crippen molar-refractivity contribution in [3.05, 3.63) is 24.0 Å². The molecule has 0 atom stereocenters. The van der Waals surface area contributed by atoms with E-state index in [0.717, 1.165) is 25.2 Å². The quantitative estimate of drug-likeness (QED) is 0.817. The standard InChI is InChI=1S/C13H22N4O/c1-4-17(9-5-7-14)11-6-8-15-12(10-11)13(18)16(2)3/h6,8,10H,4-5,7,9,14H2,1-3H3. The Morgan fingerprint density at radius 2 is 2.17 bits per heavy atom. The molecule has 0 aliphatic rings. The summed E-state index contributed by atoms with van der Waals surface area (Å²) in [6, 6.07) is 3.76. The van der Waals surface area contributed by atoms with E-state index in [1.165, 1.54) is 4.90 Å². The first kappa shape index (κ1) is 14.4. The molecule has 0 aromatic carbocycles. The lowest BCUT2D eigenvalue weighted by molar-refractivity contribution is 0.0822. The predicted molar refractivity (Wildman–Crippen MR) is 73.8 cm³/mol.